The summed E-state index contributed by atoms with van der Waals surface area (Å²) in [6.07, 6.45) is 1.99. The number of aryl methyl sites for hydroxylation is 2. The van der Waals surface area contributed by atoms with E-state index in [4.69, 9.17) is 14.2 Å². The van der Waals surface area contributed by atoms with Crippen LogP contribution >= 0.6 is 0 Å². The van der Waals surface area contributed by atoms with Gasteiger partial charge in [-0.25, -0.2) is 8.42 Å². The number of rotatable bonds is 8. The molecule has 1 amide bonds. The number of sulfone groups is 1. The monoisotopic (exact) mass is 461 g/mol. The number of methoxy groups -OCH3 is 3. The van der Waals surface area contributed by atoms with Crippen LogP contribution in [0.2, 0.25) is 0 Å². The normalized spacial score (nSPS) is 15.3. The molecule has 1 aliphatic carbocycles. The summed E-state index contributed by atoms with van der Waals surface area (Å²) in [7, 11) is 0.693. The van der Waals surface area contributed by atoms with Gasteiger partial charge in [-0.2, -0.15) is 0 Å². The Morgan fingerprint density at radius 2 is 1.53 bits per heavy atom. The summed E-state index contributed by atoms with van der Waals surface area (Å²) in [6.45, 7) is 3.72. The number of ether oxygens (including phenoxy) is 3. The fraction of sp³-hybridized carbons (Fsp3) is 0.458. The molecule has 1 aliphatic rings. The highest BCUT2D eigenvalue weighted by molar-refractivity contribution is 7.93. The molecular weight excluding hydrogens is 430 g/mol. The van der Waals surface area contributed by atoms with E-state index < -0.39 is 20.5 Å². The lowest BCUT2D eigenvalue weighted by Crippen LogP contribution is -2.50. The van der Waals surface area contributed by atoms with Crippen molar-refractivity contribution >= 4 is 15.7 Å². The molecule has 0 saturated heterocycles. The first-order valence-electron chi connectivity index (χ1n) is 10.6. The average Bonchev–Trinajstić information content (AvgIpc) is 3.30. The number of amides is 1. The van der Waals surface area contributed by atoms with Gasteiger partial charge in [0.2, 0.25) is 5.91 Å². The maximum Gasteiger partial charge on any atom is 0.242 e. The fourth-order valence-corrected chi connectivity index (χ4v) is 6.73. The second-order valence-corrected chi connectivity index (χ2v) is 10.4. The van der Waals surface area contributed by atoms with Gasteiger partial charge in [-0.3, -0.25) is 4.79 Å². The number of carbonyl (C=O) groups excluding carboxylic acids is 1. The van der Waals surface area contributed by atoms with Crippen molar-refractivity contribution in [1.82, 2.24) is 5.32 Å². The Labute approximate surface area is 190 Å². The SMILES string of the molecule is COc1cc(OC)c(OC)cc1CNC(=O)C1(S(=O)(=O)c2cc(C)ccc2C)CCCC1. The van der Waals surface area contributed by atoms with Crippen LogP contribution in [0.5, 0.6) is 17.2 Å². The number of hydrogen-bond donors (Lipinski definition) is 1. The van der Waals surface area contributed by atoms with E-state index in [1.807, 2.05) is 13.0 Å². The predicted octanol–water partition coefficient (Wildman–Crippen LogP) is 3.73. The summed E-state index contributed by atoms with van der Waals surface area (Å²) in [6, 6.07) is 8.72. The highest BCUT2D eigenvalue weighted by atomic mass is 32.2. The zero-order chi connectivity index (χ0) is 23.5. The quantitative estimate of drug-likeness (QED) is 0.644. The van der Waals surface area contributed by atoms with Crippen molar-refractivity contribution in [2.75, 3.05) is 21.3 Å². The van der Waals surface area contributed by atoms with E-state index in [0.29, 0.717) is 54.1 Å². The summed E-state index contributed by atoms with van der Waals surface area (Å²) in [5.74, 6) is 1.04. The summed E-state index contributed by atoms with van der Waals surface area (Å²) in [4.78, 5) is 13.7. The Bertz CT molecular complexity index is 1100. The van der Waals surface area contributed by atoms with Gasteiger partial charge in [0.1, 0.15) is 5.75 Å². The molecule has 32 heavy (non-hydrogen) atoms. The Hall–Kier alpha value is -2.74. The Morgan fingerprint density at radius 3 is 2.12 bits per heavy atom. The lowest BCUT2D eigenvalue weighted by molar-refractivity contribution is -0.123. The molecule has 1 N–H and O–H groups in total. The Morgan fingerprint density at radius 1 is 0.938 bits per heavy atom. The van der Waals surface area contributed by atoms with Crippen LogP contribution in [0.3, 0.4) is 0 Å². The molecule has 7 nitrogen and oxygen atoms in total. The summed E-state index contributed by atoms with van der Waals surface area (Å²) < 4.78 is 42.1. The molecule has 2 aromatic carbocycles. The molecule has 2 aromatic rings. The van der Waals surface area contributed by atoms with E-state index in [2.05, 4.69) is 5.32 Å². The molecule has 3 rings (SSSR count). The van der Waals surface area contributed by atoms with Crippen LogP contribution in [0.4, 0.5) is 0 Å². The molecule has 0 radical (unpaired) electrons. The molecule has 0 aromatic heterocycles. The molecule has 0 heterocycles. The number of nitrogens with one attached hydrogen (secondary N) is 1. The molecule has 174 valence electrons. The van der Waals surface area contributed by atoms with E-state index in [1.165, 1.54) is 21.3 Å². The minimum Gasteiger partial charge on any atom is -0.496 e. The largest absolute Gasteiger partial charge is 0.496 e. The highest BCUT2D eigenvalue weighted by Gasteiger charge is 2.53. The molecular formula is C24H31NO6S. The molecule has 8 heteroatoms. The maximum absolute atomic E-state index is 13.8. The molecule has 0 bridgehead atoms. The van der Waals surface area contributed by atoms with Crippen LogP contribution in [0.1, 0.15) is 42.4 Å². The van der Waals surface area contributed by atoms with Crippen LogP contribution in [0.15, 0.2) is 35.2 Å². The van der Waals surface area contributed by atoms with Crippen molar-refractivity contribution in [3.63, 3.8) is 0 Å². The van der Waals surface area contributed by atoms with E-state index >= 15 is 0 Å². The maximum atomic E-state index is 13.8. The second kappa shape index (κ2) is 9.40. The highest BCUT2D eigenvalue weighted by Crippen LogP contribution is 2.42. The lowest BCUT2D eigenvalue weighted by atomic mass is 10.1. The minimum atomic E-state index is -3.88. The Kier molecular flexibility index (Phi) is 7.03. The third-order valence-electron chi connectivity index (χ3n) is 6.20. The molecule has 0 spiro atoms. The van der Waals surface area contributed by atoms with Gasteiger partial charge in [-0.1, -0.05) is 25.0 Å². The van der Waals surface area contributed by atoms with Crippen LogP contribution < -0.4 is 19.5 Å². The molecule has 1 fully saturated rings. The average molecular weight is 462 g/mol. The van der Waals surface area contributed by atoms with Gasteiger partial charge in [0.25, 0.3) is 0 Å². The molecule has 0 atom stereocenters. The van der Waals surface area contributed by atoms with Crippen LogP contribution in [-0.4, -0.2) is 40.4 Å². The van der Waals surface area contributed by atoms with Crippen molar-refractivity contribution in [1.29, 1.82) is 0 Å². The van der Waals surface area contributed by atoms with Crippen molar-refractivity contribution in [3.05, 3.63) is 47.0 Å². The minimum absolute atomic E-state index is 0.104. The van der Waals surface area contributed by atoms with E-state index in [0.717, 1.165) is 5.56 Å². The van der Waals surface area contributed by atoms with E-state index in [9.17, 15) is 13.2 Å². The van der Waals surface area contributed by atoms with Gasteiger partial charge < -0.3 is 19.5 Å². The number of carbonyl (C=O) groups is 1. The topological polar surface area (TPSA) is 90.9 Å². The van der Waals surface area contributed by atoms with Gasteiger partial charge in [-0.15, -0.1) is 0 Å². The molecule has 0 aliphatic heterocycles. The van der Waals surface area contributed by atoms with Crippen molar-refractivity contribution in [2.45, 2.75) is 55.7 Å². The third kappa shape index (κ3) is 4.16. The summed E-state index contributed by atoms with van der Waals surface area (Å²) in [5, 5.41) is 2.86. The zero-order valence-electron chi connectivity index (χ0n) is 19.3. The molecule has 0 unspecified atom stereocenters. The molecule has 1 saturated carbocycles. The van der Waals surface area contributed by atoms with Gasteiger partial charge in [0.15, 0.2) is 26.1 Å². The van der Waals surface area contributed by atoms with Crippen LogP contribution in [0.25, 0.3) is 0 Å². The third-order valence-corrected chi connectivity index (χ3v) is 8.84. The first kappa shape index (κ1) is 23.9. The number of hydrogen-bond acceptors (Lipinski definition) is 6. The lowest BCUT2D eigenvalue weighted by Gasteiger charge is -2.28. The van der Waals surface area contributed by atoms with Gasteiger partial charge in [-0.05, 0) is 49.9 Å². The fourth-order valence-electron chi connectivity index (χ4n) is 4.34. The van der Waals surface area contributed by atoms with E-state index in [-0.39, 0.29) is 11.4 Å². The van der Waals surface area contributed by atoms with Crippen molar-refractivity contribution < 1.29 is 27.4 Å². The summed E-state index contributed by atoms with van der Waals surface area (Å²) in [5.41, 5.74) is 2.16. The van der Waals surface area contributed by atoms with Crippen molar-refractivity contribution in [3.8, 4) is 17.2 Å². The van der Waals surface area contributed by atoms with Gasteiger partial charge in [0.05, 0.1) is 26.2 Å². The van der Waals surface area contributed by atoms with Gasteiger partial charge in [0, 0.05) is 18.2 Å². The summed E-state index contributed by atoms with van der Waals surface area (Å²) >= 11 is 0. The smallest absolute Gasteiger partial charge is 0.242 e. The van der Waals surface area contributed by atoms with Crippen LogP contribution in [-0.2, 0) is 21.2 Å². The zero-order valence-corrected chi connectivity index (χ0v) is 20.1. The first-order valence-corrected chi connectivity index (χ1v) is 12.1. The van der Waals surface area contributed by atoms with Crippen LogP contribution in [0, 0.1) is 13.8 Å². The van der Waals surface area contributed by atoms with Gasteiger partial charge >= 0.3 is 0 Å². The first-order chi connectivity index (χ1) is 15.2. The predicted molar refractivity (Wildman–Crippen MR) is 122 cm³/mol. The Balaban J connectivity index is 1.94. The van der Waals surface area contributed by atoms with E-state index in [1.54, 1.807) is 31.2 Å². The van der Waals surface area contributed by atoms with Crippen molar-refractivity contribution in [2.24, 2.45) is 0 Å². The standard InChI is InChI=1S/C24H31NO6S/c1-16-8-9-17(2)22(12-16)32(27,28)24(10-6-7-11-24)23(26)25-15-18-13-20(30-4)21(31-5)14-19(18)29-3/h8-9,12-14H,6-7,10-11,15H2,1-5H3,(H,25,26). The second-order valence-electron chi connectivity index (χ2n) is 8.18. The number of benzene rings is 2.